The molecule has 0 bridgehead atoms. The summed E-state index contributed by atoms with van der Waals surface area (Å²) in [5.41, 5.74) is 1.43. The average Bonchev–Trinajstić information content (AvgIpc) is 2.19. The highest BCUT2D eigenvalue weighted by atomic mass is 16.5. The van der Waals surface area contributed by atoms with Crippen LogP contribution in [-0.4, -0.2) is 25.3 Å². The van der Waals surface area contributed by atoms with Gasteiger partial charge in [-0.25, -0.2) is 0 Å². The third kappa shape index (κ3) is 3.32. The lowest BCUT2D eigenvalue weighted by Crippen LogP contribution is -2.48. The standard InChI is InChI=1S/C13H25NO/c1-5-15-13(2,3)12(14-4)11-9-7-6-8-10-11/h9,12,14H,5-8,10H2,1-4H3. The second-order valence-electron chi connectivity index (χ2n) is 4.78. The van der Waals surface area contributed by atoms with Gasteiger partial charge in [-0.3, -0.25) is 0 Å². The maximum absolute atomic E-state index is 5.83. The molecule has 1 aliphatic carbocycles. The predicted octanol–water partition coefficient (Wildman–Crippen LogP) is 2.89. The van der Waals surface area contributed by atoms with Crippen LogP contribution in [0.15, 0.2) is 11.6 Å². The number of ether oxygens (including phenoxy) is 1. The van der Waals surface area contributed by atoms with E-state index < -0.39 is 0 Å². The zero-order chi connectivity index (χ0) is 11.3. The first-order valence-corrected chi connectivity index (χ1v) is 6.12. The number of rotatable bonds is 5. The van der Waals surface area contributed by atoms with Gasteiger partial charge in [-0.1, -0.05) is 11.6 Å². The first-order valence-electron chi connectivity index (χ1n) is 6.12. The molecule has 0 radical (unpaired) electrons. The van der Waals surface area contributed by atoms with Crippen molar-refractivity contribution in [1.29, 1.82) is 0 Å². The Hall–Kier alpha value is -0.340. The molecule has 1 rings (SSSR count). The molecule has 2 nitrogen and oxygen atoms in total. The van der Waals surface area contributed by atoms with Crippen molar-refractivity contribution in [3.8, 4) is 0 Å². The summed E-state index contributed by atoms with van der Waals surface area (Å²) < 4.78 is 5.83. The minimum atomic E-state index is -0.104. The maximum Gasteiger partial charge on any atom is 0.0816 e. The van der Waals surface area contributed by atoms with Gasteiger partial charge in [-0.05, 0) is 53.5 Å². The molecular weight excluding hydrogens is 186 g/mol. The van der Waals surface area contributed by atoms with Crippen molar-refractivity contribution in [2.24, 2.45) is 0 Å². The Morgan fingerprint density at radius 2 is 2.20 bits per heavy atom. The van der Waals surface area contributed by atoms with E-state index >= 15 is 0 Å². The van der Waals surface area contributed by atoms with Crippen LogP contribution in [0, 0.1) is 0 Å². The van der Waals surface area contributed by atoms with E-state index in [1.807, 2.05) is 7.05 Å². The van der Waals surface area contributed by atoms with Crippen LogP contribution in [0.1, 0.15) is 46.5 Å². The molecule has 0 fully saturated rings. The smallest absolute Gasteiger partial charge is 0.0816 e. The molecule has 88 valence electrons. The molecule has 0 heterocycles. The van der Waals surface area contributed by atoms with Gasteiger partial charge in [-0.2, -0.15) is 0 Å². The highest BCUT2D eigenvalue weighted by molar-refractivity contribution is 5.17. The Labute approximate surface area is 94.1 Å². The fourth-order valence-corrected chi connectivity index (χ4v) is 2.56. The summed E-state index contributed by atoms with van der Waals surface area (Å²) in [5, 5.41) is 3.40. The van der Waals surface area contributed by atoms with E-state index in [4.69, 9.17) is 4.74 Å². The molecule has 15 heavy (non-hydrogen) atoms. The molecule has 2 heteroatoms. The molecular formula is C13H25NO. The Balaban J connectivity index is 2.72. The van der Waals surface area contributed by atoms with E-state index in [1.165, 1.54) is 31.3 Å². The summed E-state index contributed by atoms with van der Waals surface area (Å²) in [5.74, 6) is 0. The van der Waals surface area contributed by atoms with E-state index in [9.17, 15) is 0 Å². The first-order chi connectivity index (χ1) is 7.11. The minimum absolute atomic E-state index is 0.104. The van der Waals surface area contributed by atoms with Crippen LogP contribution in [-0.2, 0) is 4.74 Å². The minimum Gasteiger partial charge on any atom is -0.374 e. The van der Waals surface area contributed by atoms with Crippen molar-refractivity contribution in [3.63, 3.8) is 0 Å². The lowest BCUT2D eigenvalue weighted by Gasteiger charge is -2.36. The zero-order valence-corrected chi connectivity index (χ0v) is 10.6. The van der Waals surface area contributed by atoms with Crippen molar-refractivity contribution < 1.29 is 4.74 Å². The van der Waals surface area contributed by atoms with Gasteiger partial charge in [0.2, 0.25) is 0 Å². The number of nitrogens with one attached hydrogen (secondary N) is 1. The SMILES string of the molecule is CCOC(C)(C)C(NC)C1=CCCCC1. The molecule has 0 saturated heterocycles. The third-order valence-electron chi connectivity index (χ3n) is 3.20. The molecule has 0 amide bonds. The largest absolute Gasteiger partial charge is 0.374 e. The molecule has 0 spiro atoms. The normalized spacial score (nSPS) is 19.9. The van der Waals surface area contributed by atoms with Gasteiger partial charge in [0.1, 0.15) is 0 Å². The summed E-state index contributed by atoms with van der Waals surface area (Å²) in [6.45, 7) is 7.18. The van der Waals surface area contributed by atoms with Crippen molar-refractivity contribution in [3.05, 3.63) is 11.6 Å². The van der Waals surface area contributed by atoms with Gasteiger partial charge >= 0.3 is 0 Å². The molecule has 1 atom stereocenters. The van der Waals surface area contributed by atoms with Crippen LogP contribution >= 0.6 is 0 Å². The second-order valence-corrected chi connectivity index (χ2v) is 4.78. The van der Waals surface area contributed by atoms with Crippen LogP contribution in [0.5, 0.6) is 0 Å². The summed E-state index contributed by atoms with van der Waals surface area (Å²) in [6.07, 6.45) is 7.52. The number of hydrogen-bond acceptors (Lipinski definition) is 2. The third-order valence-corrected chi connectivity index (χ3v) is 3.20. The highest BCUT2D eigenvalue weighted by Crippen LogP contribution is 2.28. The van der Waals surface area contributed by atoms with E-state index in [0.29, 0.717) is 6.04 Å². The summed E-state index contributed by atoms with van der Waals surface area (Å²) in [6, 6.07) is 0.359. The lowest BCUT2D eigenvalue weighted by molar-refractivity contribution is -0.0286. The van der Waals surface area contributed by atoms with Gasteiger partial charge < -0.3 is 10.1 Å². The van der Waals surface area contributed by atoms with E-state index in [1.54, 1.807) is 0 Å². The zero-order valence-electron chi connectivity index (χ0n) is 10.6. The van der Waals surface area contributed by atoms with Gasteiger partial charge in [0.25, 0.3) is 0 Å². The Morgan fingerprint density at radius 1 is 1.47 bits per heavy atom. The lowest BCUT2D eigenvalue weighted by atomic mass is 9.85. The first kappa shape index (κ1) is 12.7. The van der Waals surface area contributed by atoms with Crippen molar-refractivity contribution in [2.45, 2.75) is 58.1 Å². The fraction of sp³-hybridized carbons (Fsp3) is 0.846. The molecule has 0 aromatic heterocycles. The van der Waals surface area contributed by atoms with Crippen molar-refractivity contribution in [1.82, 2.24) is 5.32 Å². The number of hydrogen-bond donors (Lipinski definition) is 1. The van der Waals surface area contributed by atoms with Gasteiger partial charge in [-0.15, -0.1) is 0 Å². The topological polar surface area (TPSA) is 21.3 Å². The number of allylic oxidation sites excluding steroid dienone is 1. The van der Waals surface area contributed by atoms with Crippen LogP contribution in [0.2, 0.25) is 0 Å². The van der Waals surface area contributed by atoms with Gasteiger partial charge in [0, 0.05) is 6.61 Å². The van der Waals surface area contributed by atoms with Gasteiger partial charge in [0.05, 0.1) is 11.6 Å². The Kier molecular flexibility index (Phi) is 4.81. The van der Waals surface area contributed by atoms with E-state index in [-0.39, 0.29) is 5.60 Å². The Bertz CT molecular complexity index is 221. The molecule has 1 aliphatic rings. The quantitative estimate of drug-likeness (QED) is 0.706. The monoisotopic (exact) mass is 211 g/mol. The molecule has 0 aromatic rings. The van der Waals surface area contributed by atoms with Crippen molar-refractivity contribution >= 4 is 0 Å². The Morgan fingerprint density at radius 3 is 2.67 bits per heavy atom. The highest BCUT2D eigenvalue weighted by Gasteiger charge is 2.31. The van der Waals surface area contributed by atoms with E-state index in [0.717, 1.165) is 6.61 Å². The second kappa shape index (κ2) is 5.66. The maximum atomic E-state index is 5.83. The molecule has 1 N–H and O–H groups in total. The summed E-state index contributed by atoms with van der Waals surface area (Å²) in [4.78, 5) is 0. The van der Waals surface area contributed by atoms with E-state index in [2.05, 4.69) is 32.2 Å². The van der Waals surface area contributed by atoms with Crippen LogP contribution in [0.25, 0.3) is 0 Å². The predicted molar refractivity (Wildman–Crippen MR) is 65.1 cm³/mol. The molecule has 1 unspecified atom stereocenters. The van der Waals surface area contributed by atoms with Crippen LogP contribution in [0.3, 0.4) is 0 Å². The van der Waals surface area contributed by atoms with Gasteiger partial charge in [0.15, 0.2) is 0 Å². The summed E-state index contributed by atoms with van der Waals surface area (Å²) in [7, 11) is 2.03. The van der Waals surface area contributed by atoms with Crippen LogP contribution < -0.4 is 5.32 Å². The van der Waals surface area contributed by atoms with Crippen LogP contribution in [0.4, 0.5) is 0 Å². The molecule has 0 saturated carbocycles. The summed E-state index contributed by atoms with van der Waals surface area (Å²) >= 11 is 0. The van der Waals surface area contributed by atoms with Crippen molar-refractivity contribution in [2.75, 3.05) is 13.7 Å². The molecule has 0 aromatic carbocycles. The number of likely N-dealkylation sites (N-methyl/N-ethyl adjacent to an activating group) is 1. The average molecular weight is 211 g/mol. The fourth-order valence-electron chi connectivity index (χ4n) is 2.56. The molecule has 0 aliphatic heterocycles.